The molecule has 2 nitrogen and oxygen atoms in total. The second kappa shape index (κ2) is 4.70. The van der Waals surface area contributed by atoms with Crippen molar-refractivity contribution in [2.75, 3.05) is 0 Å². The number of benzene rings is 1. The van der Waals surface area contributed by atoms with Gasteiger partial charge < -0.3 is 4.57 Å². The molecule has 1 atom stereocenters. The summed E-state index contributed by atoms with van der Waals surface area (Å²) in [7, 11) is 0. The standard InChI is InChI=1S/C14H16FNO/c1-3-5-14(17)10(2)16-9-8-11-12(15)6-4-7-13(11)16/h4,6-10H,3,5H2,1-2H3. The highest BCUT2D eigenvalue weighted by atomic mass is 19.1. The van der Waals surface area contributed by atoms with Crippen LogP contribution in [0.1, 0.15) is 32.7 Å². The van der Waals surface area contributed by atoms with Crippen molar-refractivity contribution in [2.24, 2.45) is 0 Å². The van der Waals surface area contributed by atoms with E-state index in [1.807, 2.05) is 24.5 Å². The normalized spacial score (nSPS) is 12.9. The number of ketones is 1. The van der Waals surface area contributed by atoms with E-state index in [0.717, 1.165) is 11.9 Å². The molecule has 1 unspecified atom stereocenters. The average molecular weight is 233 g/mol. The molecule has 0 saturated carbocycles. The van der Waals surface area contributed by atoms with E-state index in [0.29, 0.717) is 11.8 Å². The fourth-order valence-corrected chi connectivity index (χ4v) is 2.10. The Morgan fingerprint density at radius 1 is 1.41 bits per heavy atom. The molecule has 3 heteroatoms. The van der Waals surface area contributed by atoms with E-state index >= 15 is 0 Å². The van der Waals surface area contributed by atoms with Crippen LogP contribution in [0.25, 0.3) is 10.9 Å². The first kappa shape index (κ1) is 11.8. The van der Waals surface area contributed by atoms with Gasteiger partial charge in [-0.25, -0.2) is 4.39 Å². The second-order valence-electron chi connectivity index (χ2n) is 4.29. The number of nitrogens with zero attached hydrogens (tertiary/aromatic N) is 1. The maximum atomic E-state index is 13.5. The van der Waals surface area contributed by atoms with Gasteiger partial charge in [0.05, 0.1) is 11.6 Å². The Bertz CT molecular complexity index is 544. The zero-order chi connectivity index (χ0) is 12.4. The fraction of sp³-hybridized carbons (Fsp3) is 0.357. The first-order valence-corrected chi connectivity index (χ1v) is 5.93. The summed E-state index contributed by atoms with van der Waals surface area (Å²) in [6.45, 7) is 3.85. The van der Waals surface area contributed by atoms with E-state index in [4.69, 9.17) is 0 Å². The maximum Gasteiger partial charge on any atom is 0.155 e. The Morgan fingerprint density at radius 3 is 2.88 bits per heavy atom. The minimum Gasteiger partial charge on any atom is -0.337 e. The lowest BCUT2D eigenvalue weighted by atomic mass is 10.1. The number of carbonyl (C=O) groups is 1. The number of Topliss-reactive ketones (excluding diaryl/α,β-unsaturated/α-hetero) is 1. The third-order valence-corrected chi connectivity index (χ3v) is 3.09. The third kappa shape index (κ3) is 2.09. The molecule has 1 aromatic heterocycles. The topological polar surface area (TPSA) is 22.0 Å². The van der Waals surface area contributed by atoms with E-state index in [9.17, 15) is 9.18 Å². The lowest BCUT2D eigenvalue weighted by molar-refractivity contribution is -0.121. The summed E-state index contributed by atoms with van der Waals surface area (Å²) < 4.78 is 15.4. The Kier molecular flexibility index (Phi) is 3.27. The van der Waals surface area contributed by atoms with Gasteiger partial charge in [-0.05, 0) is 31.5 Å². The molecule has 0 aliphatic carbocycles. The highest BCUT2D eigenvalue weighted by molar-refractivity contribution is 5.86. The summed E-state index contributed by atoms with van der Waals surface area (Å²) in [6.07, 6.45) is 3.19. The van der Waals surface area contributed by atoms with Gasteiger partial charge in [0.2, 0.25) is 0 Å². The van der Waals surface area contributed by atoms with E-state index in [-0.39, 0.29) is 17.6 Å². The molecule has 0 aliphatic heterocycles. The highest BCUT2D eigenvalue weighted by Gasteiger charge is 2.16. The van der Waals surface area contributed by atoms with E-state index in [1.54, 1.807) is 18.3 Å². The fourth-order valence-electron chi connectivity index (χ4n) is 2.10. The van der Waals surface area contributed by atoms with E-state index < -0.39 is 0 Å². The smallest absolute Gasteiger partial charge is 0.155 e. The molecule has 0 aliphatic rings. The van der Waals surface area contributed by atoms with Crippen molar-refractivity contribution in [2.45, 2.75) is 32.7 Å². The summed E-state index contributed by atoms with van der Waals surface area (Å²) in [5, 5.41) is 0.573. The number of rotatable bonds is 4. The molecule has 90 valence electrons. The van der Waals surface area contributed by atoms with Crippen molar-refractivity contribution >= 4 is 16.7 Å². The summed E-state index contributed by atoms with van der Waals surface area (Å²) in [6, 6.07) is 6.44. The van der Waals surface area contributed by atoms with Crippen LogP contribution in [0.2, 0.25) is 0 Å². The molecule has 1 heterocycles. The molecule has 0 saturated heterocycles. The zero-order valence-corrected chi connectivity index (χ0v) is 10.1. The van der Waals surface area contributed by atoms with Crippen LogP contribution in [-0.2, 0) is 4.79 Å². The lowest BCUT2D eigenvalue weighted by Crippen LogP contribution is -2.15. The minimum absolute atomic E-state index is 0.189. The van der Waals surface area contributed by atoms with E-state index in [1.165, 1.54) is 6.07 Å². The average Bonchev–Trinajstić information content (AvgIpc) is 2.73. The summed E-state index contributed by atoms with van der Waals surface area (Å²) in [4.78, 5) is 11.9. The number of carbonyl (C=O) groups excluding carboxylic acids is 1. The van der Waals surface area contributed by atoms with Crippen LogP contribution in [-0.4, -0.2) is 10.4 Å². The molecule has 0 radical (unpaired) electrons. The molecule has 1 aromatic carbocycles. The minimum atomic E-state index is -0.239. The van der Waals surface area contributed by atoms with Gasteiger partial charge in [0.1, 0.15) is 5.82 Å². The summed E-state index contributed by atoms with van der Waals surface area (Å²) >= 11 is 0. The number of halogens is 1. The predicted molar refractivity (Wildman–Crippen MR) is 66.5 cm³/mol. The molecule has 2 rings (SSSR count). The summed E-state index contributed by atoms with van der Waals surface area (Å²) in [5.41, 5.74) is 0.780. The van der Waals surface area contributed by atoms with Crippen molar-refractivity contribution in [1.29, 1.82) is 0 Å². The first-order chi connectivity index (χ1) is 8.15. The number of fused-ring (bicyclic) bond motifs is 1. The second-order valence-corrected chi connectivity index (χ2v) is 4.29. The predicted octanol–water partition coefficient (Wildman–Crippen LogP) is 3.71. The van der Waals surface area contributed by atoms with Crippen LogP contribution in [0.4, 0.5) is 4.39 Å². The Morgan fingerprint density at radius 2 is 2.18 bits per heavy atom. The maximum absolute atomic E-state index is 13.5. The zero-order valence-electron chi connectivity index (χ0n) is 10.1. The first-order valence-electron chi connectivity index (χ1n) is 5.93. The van der Waals surface area contributed by atoms with Crippen LogP contribution < -0.4 is 0 Å². The van der Waals surface area contributed by atoms with Crippen LogP contribution in [0.5, 0.6) is 0 Å². The van der Waals surface area contributed by atoms with Gasteiger partial charge in [-0.1, -0.05) is 13.0 Å². The van der Waals surface area contributed by atoms with Gasteiger partial charge in [0.25, 0.3) is 0 Å². The lowest BCUT2D eigenvalue weighted by Gasteiger charge is -2.13. The molecular formula is C14H16FNO. The van der Waals surface area contributed by atoms with Crippen LogP contribution in [0.15, 0.2) is 30.5 Å². The molecule has 0 spiro atoms. The van der Waals surface area contributed by atoms with Gasteiger partial charge in [-0.2, -0.15) is 0 Å². The largest absolute Gasteiger partial charge is 0.337 e. The highest BCUT2D eigenvalue weighted by Crippen LogP contribution is 2.23. The monoisotopic (exact) mass is 233 g/mol. The van der Waals surface area contributed by atoms with Gasteiger partial charge in [-0.15, -0.1) is 0 Å². The molecule has 0 fully saturated rings. The van der Waals surface area contributed by atoms with Crippen LogP contribution in [0, 0.1) is 5.82 Å². The van der Waals surface area contributed by atoms with Crippen molar-refractivity contribution in [3.05, 3.63) is 36.3 Å². The molecule has 0 N–H and O–H groups in total. The molecule has 17 heavy (non-hydrogen) atoms. The number of aromatic nitrogens is 1. The molecule has 0 bridgehead atoms. The summed E-state index contributed by atoms with van der Waals surface area (Å²) in [5.74, 6) is -0.0503. The van der Waals surface area contributed by atoms with Gasteiger partial charge in [0.15, 0.2) is 5.78 Å². The molecule has 0 amide bonds. The number of hydrogen-bond donors (Lipinski definition) is 0. The van der Waals surface area contributed by atoms with Crippen molar-refractivity contribution in [3.8, 4) is 0 Å². The van der Waals surface area contributed by atoms with Crippen LogP contribution >= 0.6 is 0 Å². The van der Waals surface area contributed by atoms with Gasteiger partial charge in [0, 0.05) is 18.0 Å². The SMILES string of the molecule is CCCC(=O)C(C)n1ccc2c(F)cccc21. The van der Waals surface area contributed by atoms with Crippen molar-refractivity contribution in [3.63, 3.8) is 0 Å². The van der Waals surface area contributed by atoms with Gasteiger partial charge >= 0.3 is 0 Å². The Labute approximate surface area is 100 Å². The number of hydrogen-bond acceptors (Lipinski definition) is 1. The molecular weight excluding hydrogens is 217 g/mol. The van der Waals surface area contributed by atoms with Crippen LogP contribution in [0.3, 0.4) is 0 Å². The van der Waals surface area contributed by atoms with Crippen molar-refractivity contribution < 1.29 is 9.18 Å². The quantitative estimate of drug-likeness (QED) is 0.789. The third-order valence-electron chi connectivity index (χ3n) is 3.09. The van der Waals surface area contributed by atoms with Crippen molar-refractivity contribution in [1.82, 2.24) is 4.57 Å². The molecule has 2 aromatic rings. The Balaban J connectivity index is 2.42. The van der Waals surface area contributed by atoms with E-state index in [2.05, 4.69) is 0 Å². The van der Waals surface area contributed by atoms with Gasteiger partial charge in [-0.3, -0.25) is 4.79 Å². The Hall–Kier alpha value is -1.64.